The standard InChI is InChI=1S/C21H28N4O2.HI/c1-4-12-26-18-9-5-6-10-19(18)27-20-16(8-7-11-23-20)14-24-21(22-3)25-17-13-15(17)2;/h5-11,15,17H,4,12-14H2,1-3H3,(H2,22,24,25);1H. The number of nitrogens with one attached hydrogen (secondary N) is 2. The number of hydrogen-bond acceptors (Lipinski definition) is 4. The van der Waals surface area contributed by atoms with Crippen LogP contribution in [-0.4, -0.2) is 30.6 Å². The molecule has 3 rings (SSSR count). The summed E-state index contributed by atoms with van der Waals surface area (Å²) in [7, 11) is 1.78. The van der Waals surface area contributed by atoms with E-state index in [1.54, 1.807) is 13.2 Å². The molecule has 6 nitrogen and oxygen atoms in total. The average Bonchev–Trinajstić information content (AvgIpc) is 3.40. The maximum absolute atomic E-state index is 6.08. The largest absolute Gasteiger partial charge is 0.490 e. The fourth-order valence-corrected chi connectivity index (χ4v) is 2.69. The summed E-state index contributed by atoms with van der Waals surface area (Å²) in [6.07, 6.45) is 3.86. The smallest absolute Gasteiger partial charge is 0.224 e. The first kappa shape index (κ1) is 22.3. The highest BCUT2D eigenvalue weighted by atomic mass is 127. The van der Waals surface area contributed by atoms with Crippen LogP contribution in [0.5, 0.6) is 17.4 Å². The summed E-state index contributed by atoms with van der Waals surface area (Å²) in [6.45, 7) is 5.53. The number of nitrogens with zero attached hydrogens (tertiary/aromatic N) is 2. The number of aromatic nitrogens is 1. The van der Waals surface area contributed by atoms with Crippen molar-refractivity contribution in [1.82, 2.24) is 15.6 Å². The normalized spacial score (nSPS) is 18.0. The van der Waals surface area contributed by atoms with E-state index in [0.717, 1.165) is 23.7 Å². The van der Waals surface area contributed by atoms with E-state index in [2.05, 4.69) is 34.5 Å². The van der Waals surface area contributed by atoms with Crippen LogP contribution in [-0.2, 0) is 6.54 Å². The van der Waals surface area contributed by atoms with Gasteiger partial charge in [-0.25, -0.2) is 4.98 Å². The molecule has 2 unspecified atom stereocenters. The van der Waals surface area contributed by atoms with Gasteiger partial charge in [-0.1, -0.05) is 32.0 Å². The first-order chi connectivity index (χ1) is 13.2. The lowest BCUT2D eigenvalue weighted by molar-refractivity contribution is 0.300. The molecule has 1 aromatic heterocycles. The van der Waals surface area contributed by atoms with Gasteiger partial charge in [-0.05, 0) is 37.0 Å². The number of rotatable bonds is 8. The summed E-state index contributed by atoms with van der Waals surface area (Å²) < 4.78 is 11.9. The molecule has 0 bridgehead atoms. The van der Waals surface area contributed by atoms with Crippen molar-refractivity contribution < 1.29 is 9.47 Å². The van der Waals surface area contributed by atoms with E-state index >= 15 is 0 Å². The van der Waals surface area contributed by atoms with Gasteiger partial charge in [0.15, 0.2) is 17.5 Å². The Bertz CT molecular complexity index is 785. The van der Waals surface area contributed by atoms with Gasteiger partial charge >= 0.3 is 0 Å². The fourth-order valence-electron chi connectivity index (χ4n) is 2.69. The minimum atomic E-state index is 0. The Labute approximate surface area is 184 Å². The van der Waals surface area contributed by atoms with Crippen LogP contribution in [0.15, 0.2) is 47.6 Å². The van der Waals surface area contributed by atoms with Crippen molar-refractivity contribution in [2.24, 2.45) is 10.9 Å². The number of aliphatic imine (C=N–C) groups is 1. The van der Waals surface area contributed by atoms with Gasteiger partial charge in [0.05, 0.1) is 6.61 Å². The molecule has 0 radical (unpaired) electrons. The van der Waals surface area contributed by atoms with Gasteiger partial charge in [-0.3, -0.25) is 4.99 Å². The van der Waals surface area contributed by atoms with Crippen molar-refractivity contribution in [3.05, 3.63) is 48.2 Å². The van der Waals surface area contributed by atoms with E-state index in [-0.39, 0.29) is 24.0 Å². The van der Waals surface area contributed by atoms with Crippen molar-refractivity contribution in [3.8, 4) is 17.4 Å². The lowest BCUT2D eigenvalue weighted by atomic mass is 10.2. The van der Waals surface area contributed by atoms with Gasteiger partial charge in [0.25, 0.3) is 0 Å². The molecular weight excluding hydrogens is 467 g/mol. The Morgan fingerprint density at radius 1 is 1.21 bits per heavy atom. The molecule has 152 valence electrons. The minimum Gasteiger partial charge on any atom is -0.490 e. The Balaban J connectivity index is 0.00000280. The van der Waals surface area contributed by atoms with Crippen LogP contribution in [0.4, 0.5) is 0 Å². The predicted octanol–water partition coefficient (Wildman–Crippen LogP) is 4.35. The topological polar surface area (TPSA) is 67.8 Å². The Hall–Kier alpha value is -2.03. The van der Waals surface area contributed by atoms with E-state index in [1.807, 2.05) is 36.4 Å². The minimum absolute atomic E-state index is 0. The van der Waals surface area contributed by atoms with Crippen LogP contribution in [0.2, 0.25) is 0 Å². The lowest BCUT2D eigenvalue weighted by Crippen LogP contribution is -2.38. The maximum atomic E-state index is 6.08. The van der Waals surface area contributed by atoms with Crippen molar-refractivity contribution in [2.75, 3.05) is 13.7 Å². The van der Waals surface area contributed by atoms with Crippen LogP contribution in [0.1, 0.15) is 32.3 Å². The number of pyridine rings is 1. The zero-order valence-corrected chi connectivity index (χ0v) is 19.0. The molecule has 0 saturated heterocycles. The summed E-state index contributed by atoms with van der Waals surface area (Å²) in [4.78, 5) is 8.70. The summed E-state index contributed by atoms with van der Waals surface area (Å²) in [6, 6.07) is 12.1. The number of halogens is 1. The number of hydrogen-bond donors (Lipinski definition) is 2. The fraction of sp³-hybridized carbons (Fsp3) is 0.429. The van der Waals surface area contributed by atoms with Crippen molar-refractivity contribution in [1.29, 1.82) is 0 Å². The molecule has 0 spiro atoms. The first-order valence-corrected chi connectivity index (χ1v) is 9.52. The molecule has 2 atom stereocenters. The molecular formula is C21H29IN4O2. The quantitative estimate of drug-likeness (QED) is 0.323. The number of benzene rings is 1. The second-order valence-corrected chi connectivity index (χ2v) is 6.75. The van der Waals surface area contributed by atoms with E-state index in [1.165, 1.54) is 6.42 Å². The molecule has 1 aliphatic carbocycles. The summed E-state index contributed by atoms with van der Waals surface area (Å²) in [5.74, 6) is 3.46. The van der Waals surface area contributed by atoms with Gasteiger partial charge in [0.2, 0.25) is 5.88 Å². The van der Waals surface area contributed by atoms with Crippen molar-refractivity contribution in [3.63, 3.8) is 0 Å². The Morgan fingerprint density at radius 2 is 1.96 bits per heavy atom. The number of guanidine groups is 1. The van der Waals surface area contributed by atoms with Gasteiger partial charge < -0.3 is 20.1 Å². The average molecular weight is 496 g/mol. The zero-order chi connectivity index (χ0) is 19.1. The highest BCUT2D eigenvalue weighted by molar-refractivity contribution is 14.0. The molecule has 7 heteroatoms. The van der Waals surface area contributed by atoms with Crippen LogP contribution < -0.4 is 20.1 Å². The third-order valence-electron chi connectivity index (χ3n) is 4.47. The van der Waals surface area contributed by atoms with Crippen molar-refractivity contribution in [2.45, 2.75) is 39.3 Å². The second kappa shape index (κ2) is 11.1. The molecule has 0 amide bonds. The molecule has 2 N–H and O–H groups in total. The second-order valence-electron chi connectivity index (χ2n) is 6.75. The first-order valence-electron chi connectivity index (χ1n) is 9.52. The molecule has 1 saturated carbocycles. The SMILES string of the molecule is CCCOc1ccccc1Oc1ncccc1CNC(=NC)NC1CC1C.I. The molecule has 2 aromatic rings. The van der Waals surface area contributed by atoms with Crippen LogP contribution >= 0.6 is 24.0 Å². The highest BCUT2D eigenvalue weighted by Crippen LogP contribution is 2.32. The summed E-state index contributed by atoms with van der Waals surface area (Å²) >= 11 is 0. The zero-order valence-electron chi connectivity index (χ0n) is 16.6. The molecule has 28 heavy (non-hydrogen) atoms. The highest BCUT2D eigenvalue weighted by Gasteiger charge is 2.33. The summed E-state index contributed by atoms with van der Waals surface area (Å²) in [5.41, 5.74) is 0.953. The molecule has 1 heterocycles. The monoisotopic (exact) mass is 496 g/mol. The Morgan fingerprint density at radius 3 is 2.64 bits per heavy atom. The van der Waals surface area contributed by atoms with E-state index in [4.69, 9.17) is 9.47 Å². The molecule has 1 aromatic carbocycles. The third kappa shape index (κ3) is 6.25. The van der Waals surface area contributed by atoms with Crippen LogP contribution in [0.3, 0.4) is 0 Å². The molecule has 1 aliphatic rings. The van der Waals surface area contributed by atoms with Crippen molar-refractivity contribution >= 4 is 29.9 Å². The van der Waals surface area contributed by atoms with E-state index < -0.39 is 0 Å². The third-order valence-corrected chi connectivity index (χ3v) is 4.47. The molecule has 0 aliphatic heterocycles. The van der Waals surface area contributed by atoms with E-state index in [0.29, 0.717) is 36.7 Å². The lowest BCUT2D eigenvalue weighted by Gasteiger charge is -2.15. The van der Waals surface area contributed by atoms with Gasteiger partial charge in [-0.15, -0.1) is 24.0 Å². The van der Waals surface area contributed by atoms with Gasteiger partial charge in [0, 0.05) is 31.4 Å². The Kier molecular flexibility index (Phi) is 8.82. The predicted molar refractivity (Wildman–Crippen MR) is 123 cm³/mol. The van der Waals surface area contributed by atoms with Gasteiger partial charge in [0.1, 0.15) is 0 Å². The van der Waals surface area contributed by atoms with Gasteiger partial charge in [-0.2, -0.15) is 0 Å². The molecule has 1 fully saturated rings. The van der Waals surface area contributed by atoms with Crippen LogP contribution in [0.25, 0.3) is 0 Å². The maximum Gasteiger partial charge on any atom is 0.224 e. The van der Waals surface area contributed by atoms with Crippen LogP contribution in [0, 0.1) is 5.92 Å². The van der Waals surface area contributed by atoms with E-state index in [9.17, 15) is 0 Å². The number of para-hydroxylation sites is 2. The number of ether oxygens (including phenoxy) is 2. The summed E-state index contributed by atoms with van der Waals surface area (Å²) in [5, 5.41) is 6.76.